The highest BCUT2D eigenvalue weighted by molar-refractivity contribution is 5.43. The molecule has 0 amide bonds. The number of piperidine rings is 1. The molecule has 0 saturated carbocycles. The van der Waals surface area contributed by atoms with Gasteiger partial charge < -0.3 is 10.6 Å². The van der Waals surface area contributed by atoms with E-state index in [0.717, 1.165) is 24.6 Å². The molecule has 2 heterocycles. The molecule has 4 nitrogen and oxygen atoms in total. The Morgan fingerprint density at radius 1 is 1.38 bits per heavy atom. The van der Waals surface area contributed by atoms with E-state index in [4.69, 9.17) is 5.73 Å². The Bertz CT molecular complexity index is 353. The highest BCUT2D eigenvalue weighted by Gasteiger charge is 2.26. The van der Waals surface area contributed by atoms with Crippen molar-refractivity contribution in [3.63, 3.8) is 0 Å². The average Bonchev–Trinajstić information content (AvgIpc) is 2.31. The number of rotatable bonds is 2. The van der Waals surface area contributed by atoms with Gasteiger partial charge in [0.25, 0.3) is 0 Å². The van der Waals surface area contributed by atoms with Gasteiger partial charge in [-0.3, -0.25) is 4.98 Å². The van der Waals surface area contributed by atoms with Crippen molar-refractivity contribution in [2.75, 3.05) is 18.0 Å². The number of aromatic nitrogens is 2. The summed E-state index contributed by atoms with van der Waals surface area (Å²) < 4.78 is 0. The number of aryl methyl sites for hydroxylation is 1. The zero-order valence-corrected chi connectivity index (χ0v) is 10.1. The van der Waals surface area contributed by atoms with E-state index in [1.54, 1.807) is 12.4 Å². The predicted molar refractivity (Wildman–Crippen MR) is 65.4 cm³/mol. The van der Waals surface area contributed by atoms with Crippen LogP contribution in [0.3, 0.4) is 0 Å². The van der Waals surface area contributed by atoms with Crippen LogP contribution in [0.4, 0.5) is 5.82 Å². The van der Waals surface area contributed by atoms with Crippen molar-refractivity contribution < 1.29 is 0 Å². The summed E-state index contributed by atoms with van der Waals surface area (Å²) in [6.07, 6.45) is 5.93. The lowest BCUT2D eigenvalue weighted by atomic mass is 9.93. The first-order chi connectivity index (χ1) is 7.72. The molecule has 16 heavy (non-hydrogen) atoms. The molecule has 2 N–H and O–H groups in total. The molecule has 1 aliphatic heterocycles. The van der Waals surface area contributed by atoms with Gasteiger partial charge in [0.1, 0.15) is 5.82 Å². The SMILES string of the molecule is Cc1nccnc1N1CC(CN)CCC1C. The molecule has 1 aromatic heterocycles. The zero-order chi connectivity index (χ0) is 11.5. The number of hydrogen-bond acceptors (Lipinski definition) is 4. The maximum atomic E-state index is 5.76. The second-order valence-corrected chi connectivity index (χ2v) is 4.65. The maximum Gasteiger partial charge on any atom is 0.150 e. The highest BCUT2D eigenvalue weighted by atomic mass is 15.2. The zero-order valence-electron chi connectivity index (χ0n) is 10.1. The second-order valence-electron chi connectivity index (χ2n) is 4.65. The Hall–Kier alpha value is -1.16. The van der Waals surface area contributed by atoms with Gasteiger partial charge in [0, 0.05) is 25.0 Å². The van der Waals surface area contributed by atoms with Crippen LogP contribution in [0, 0.1) is 12.8 Å². The van der Waals surface area contributed by atoms with Crippen molar-refractivity contribution in [2.45, 2.75) is 32.7 Å². The molecule has 0 aliphatic carbocycles. The van der Waals surface area contributed by atoms with Gasteiger partial charge in [0.05, 0.1) is 5.69 Å². The van der Waals surface area contributed by atoms with Crippen LogP contribution in [0.25, 0.3) is 0 Å². The van der Waals surface area contributed by atoms with Crippen LogP contribution in [0.15, 0.2) is 12.4 Å². The second kappa shape index (κ2) is 4.78. The van der Waals surface area contributed by atoms with E-state index in [1.165, 1.54) is 12.8 Å². The van der Waals surface area contributed by atoms with Gasteiger partial charge in [-0.25, -0.2) is 4.98 Å². The van der Waals surface area contributed by atoms with Crippen molar-refractivity contribution in [3.05, 3.63) is 18.1 Å². The largest absolute Gasteiger partial charge is 0.352 e. The Labute approximate surface area is 96.9 Å². The molecule has 1 fully saturated rings. The Balaban J connectivity index is 2.21. The van der Waals surface area contributed by atoms with Crippen molar-refractivity contribution in [1.82, 2.24) is 9.97 Å². The summed E-state index contributed by atoms with van der Waals surface area (Å²) in [5.41, 5.74) is 6.77. The standard InChI is InChI=1S/C12H20N4/c1-9-3-4-11(7-13)8-16(9)12-10(2)14-5-6-15-12/h5-6,9,11H,3-4,7-8,13H2,1-2H3. The van der Waals surface area contributed by atoms with E-state index < -0.39 is 0 Å². The molecular formula is C12H20N4. The summed E-state index contributed by atoms with van der Waals surface area (Å²) in [5.74, 6) is 1.62. The van der Waals surface area contributed by atoms with Gasteiger partial charge >= 0.3 is 0 Å². The van der Waals surface area contributed by atoms with Crippen LogP contribution in [0.5, 0.6) is 0 Å². The first kappa shape index (κ1) is 11.3. The molecule has 2 atom stereocenters. The molecule has 4 heteroatoms. The molecule has 0 bridgehead atoms. The molecular weight excluding hydrogens is 200 g/mol. The number of hydrogen-bond donors (Lipinski definition) is 1. The highest BCUT2D eigenvalue weighted by Crippen LogP contribution is 2.26. The van der Waals surface area contributed by atoms with E-state index in [2.05, 4.69) is 21.8 Å². The summed E-state index contributed by atoms with van der Waals surface area (Å²) >= 11 is 0. The quantitative estimate of drug-likeness (QED) is 0.817. The number of nitrogens with two attached hydrogens (primary N) is 1. The first-order valence-electron chi connectivity index (χ1n) is 5.96. The molecule has 0 radical (unpaired) electrons. The Morgan fingerprint density at radius 2 is 2.12 bits per heavy atom. The van der Waals surface area contributed by atoms with Crippen molar-refractivity contribution in [1.29, 1.82) is 0 Å². The van der Waals surface area contributed by atoms with Gasteiger partial charge in [0.2, 0.25) is 0 Å². The molecule has 2 rings (SSSR count). The van der Waals surface area contributed by atoms with Crippen LogP contribution in [0.2, 0.25) is 0 Å². The van der Waals surface area contributed by atoms with E-state index >= 15 is 0 Å². The average molecular weight is 220 g/mol. The van der Waals surface area contributed by atoms with E-state index in [1.807, 2.05) is 6.92 Å². The van der Waals surface area contributed by atoms with Crippen LogP contribution in [-0.4, -0.2) is 29.1 Å². The van der Waals surface area contributed by atoms with Crippen molar-refractivity contribution in [3.8, 4) is 0 Å². The lowest BCUT2D eigenvalue weighted by molar-refractivity contribution is 0.371. The van der Waals surface area contributed by atoms with Gasteiger partial charge in [-0.1, -0.05) is 0 Å². The van der Waals surface area contributed by atoms with Crippen LogP contribution < -0.4 is 10.6 Å². The van der Waals surface area contributed by atoms with E-state index in [9.17, 15) is 0 Å². The molecule has 2 unspecified atom stereocenters. The molecule has 1 saturated heterocycles. The Morgan fingerprint density at radius 3 is 2.81 bits per heavy atom. The minimum atomic E-state index is 0.540. The van der Waals surface area contributed by atoms with Gasteiger partial charge in [0.15, 0.2) is 0 Å². The Kier molecular flexibility index (Phi) is 3.39. The number of anilines is 1. The fourth-order valence-electron chi connectivity index (χ4n) is 2.35. The molecule has 0 aromatic carbocycles. The third kappa shape index (κ3) is 2.16. The minimum Gasteiger partial charge on any atom is -0.352 e. The summed E-state index contributed by atoms with van der Waals surface area (Å²) in [6.45, 7) is 6.04. The molecule has 0 spiro atoms. The summed E-state index contributed by atoms with van der Waals surface area (Å²) in [7, 11) is 0. The number of nitrogens with zero attached hydrogens (tertiary/aromatic N) is 3. The third-order valence-electron chi connectivity index (χ3n) is 3.44. The predicted octanol–water partition coefficient (Wildman–Crippen LogP) is 1.35. The van der Waals surface area contributed by atoms with Crippen molar-refractivity contribution in [2.24, 2.45) is 11.7 Å². The van der Waals surface area contributed by atoms with Crippen molar-refractivity contribution >= 4 is 5.82 Å². The fourth-order valence-corrected chi connectivity index (χ4v) is 2.35. The summed E-state index contributed by atoms with van der Waals surface area (Å²) in [4.78, 5) is 11.1. The maximum absolute atomic E-state index is 5.76. The lowest BCUT2D eigenvalue weighted by Crippen LogP contribution is -2.44. The monoisotopic (exact) mass is 220 g/mol. The third-order valence-corrected chi connectivity index (χ3v) is 3.44. The van der Waals surface area contributed by atoms with E-state index in [0.29, 0.717) is 12.0 Å². The van der Waals surface area contributed by atoms with Gasteiger partial charge in [-0.2, -0.15) is 0 Å². The lowest BCUT2D eigenvalue weighted by Gasteiger charge is -2.38. The molecule has 1 aliphatic rings. The topological polar surface area (TPSA) is 55.0 Å². The smallest absolute Gasteiger partial charge is 0.150 e. The summed E-state index contributed by atoms with van der Waals surface area (Å²) in [6, 6.07) is 0.540. The van der Waals surface area contributed by atoms with Crippen LogP contribution in [-0.2, 0) is 0 Å². The molecule has 1 aromatic rings. The normalized spacial score (nSPS) is 25.8. The summed E-state index contributed by atoms with van der Waals surface area (Å²) in [5, 5.41) is 0. The first-order valence-corrected chi connectivity index (χ1v) is 5.96. The van der Waals surface area contributed by atoms with Crippen LogP contribution >= 0.6 is 0 Å². The minimum absolute atomic E-state index is 0.540. The van der Waals surface area contributed by atoms with E-state index in [-0.39, 0.29) is 0 Å². The fraction of sp³-hybridized carbons (Fsp3) is 0.667. The van der Waals surface area contributed by atoms with Gasteiger partial charge in [-0.15, -0.1) is 0 Å². The van der Waals surface area contributed by atoms with Gasteiger partial charge in [-0.05, 0) is 39.2 Å². The van der Waals surface area contributed by atoms with Crippen LogP contribution in [0.1, 0.15) is 25.5 Å². The molecule has 88 valence electrons.